The van der Waals surface area contributed by atoms with Crippen LogP contribution >= 0.6 is 11.3 Å². The highest BCUT2D eigenvalue weighted by Gasteiger charge is 2.53. The smallest absolute Gasteiger partial charge is 0.450 e. The normalized spacial score (nSPS) is 19.9. The van der Waals surface area contributed by atoms with Gasteiger partial charge in [0.2, 0.25) is 10.0 Å². The monoisotopic (exact) mass is 467 g/mol. The summed E-state index contributed by atoms with van der Waals surface area (Å²) in [6.45, 7) is 2.04. The summed E-state index contributed by atoms with van der Waals surface area (Å²) < 4.78 is 54.9. The van der Waals surface area contributed by atoms with E-state index in [0.717, 1.165) is 35.5 Å². The summed E-state index contributed by atoms with van der Waals surface area (Å²) >= 11 is 1.03. The van der Waals surface area contributed by atoms with Gasteiger partial charge in [0.1, 0.15) is 4.21 Å². The fraction of sp³-hybridized carbons (Fsp3) is 0.190. The molecule has 1 fully saturated rings. The van der Waals surface area contributed by atoms with Gasteiger partial charge < -0.3 is 10.2 Å². The van der Waals surface area contributed by atoms with Crippen LogP contribution in [0.3, 0.4) is 0 Å². The number of hydrogen-bond acceptors (Lipinski definition) is 4. The Morgan fingerprint density at radius 2 is 1.71 bits per heavy atom. The van der Waals surface area contributed by atoms with Gasteiger partial charge in [0.05, 0.1) is 0 Å². The van der Waals surface area contributed by atoms with Gasteiger partial charge in [-0.3, -0.25) is 0 Å². The molecule has 0 amide bonds. The number of halogens is 2. The highest BCUT2D eigenvalue weighted by atomic mass is 32.2. The van der Waals surface area contributed by atoms with Gasteiger partial charge in [-0.15, -0.1) is 11.3 Å². The van der Waals surface area contributed by atoms with Crippen LogP contribution in [0.15, 0.2) is 64.9 Å². The maximum Gasteiger partial charge on any atom is 0.503 e. The molecule has 0 saturated heterocycles. The molecule has 0 radical (unpaired) electrons. The van der Waals surface area contributed by atoms with Gasteiger partial charge in [0.25, 0.3) is 0 Å². The van der Waals surface area contributed by atoms with E-state index < -0.39 is 27.8 Å². The van der Waals surface area contributed by atoms with Crippen LogP contribution in [0, 0.1) is 11.6 Å². The van der Waals surface area contributed by atoms with E-state index in [0.29, 0.717) is 10.4 Å². The van der Waals surface area contributed by atoms with Gasteiger partial charge in [-0.05, 0) is 41.8 Å². The van der Waals surface area contributed by atoms with Crippen molar-refractivity contribution in [3.8, 4) is 10.4 Å². The fourth-order valence-corrected chi connectivity index (χ4v) is 5.86. The van der Waals surface area contributed by atoms with Crippen molar-refractivity contribution in [2.45, 2.75) is 29.0 Å². The number of hydrogen-bond donors (Lipinski definition) is 3. The van der Waals surface area contributed by atoms with E-state index in [9.17, 15) is 17.2 Å². The first-order valence-electron chi connectivity index (χ1n) is 9.08. The molecular formula is C21H19F2NO5S2. The number of benzene rings is 2. The number of thiophene rings is 1. The van der Waals surface area contributed by atoms with Gasteiger partial charge >= 0.3 is 6.16 Å². The van der Waals surface area contributed by atoms with Crippen molar-refractivity contribution in [3.05, 3.63) is 77.9 Å². The molecule has 164 valence electrons. The van der Waals surface area contributed by atoms with Gasteiger partial charge in [-0.1, -0.05) is 43.3 Å². The van der Waals surface area contributed by atoms with Crippen molar-refractivity contribution in [3.63, 3.8) is 0 Å². The Labute approximate surface area is 181 Å². The predicted octanol–water partition coefficient (Wildman–Crippen LogP) is 4.92. The average Bonchev–Trinajstić information content (AvgIpc) is 3.13. The second-order valence-electron chi connectivity index (χ2n) is 7.19. The minimum absolute atomic E-state index is 0.157. The molecule has 10 heteroatoms. The van der Waals surface area contributed by atoms with E-state index in [-0.39, 0.29) is 15.7 Å². The number of carbonyl (C=O) groups is 1. The molecule has 1 aliphatic rings. The molecule has 31 heavy (non-hydrogen) atoms. The molecule has 0 spiro atoms. The Morgan fingerprint density at radius 1 is 1.06 bits per heavy atom. The van der Waals surface area contributed by atoms with Gasteiger partial charge in [-0.2, -0.15) is 0 Å². The molecule has 1 aromatic heterocycles. The van der Waals surface area contributed by atoms with Crippen molar-refractivity contribution >= 4 is 27.5 Å². The molecule has 1 aliphatic carbocycles. The summed E-state index contributed by atoms with van der Waals surface area (Å²) in [5, 5.41) is 13.9. The zero-order valence-electron chi connectivity index (χ0n) is 16.2. The lowest BCUT2D eigenvalue weighted by Crippen LogP contribution is -2.29. The standard InChI is InChI=1S/C20H17F2NO2S2.CH2O3/c1-20(14-5-3-2-4-6-14)12-18(20)23-27(24,25)19-10-9-17(26-19)13-7-8-15(21)16(22)11-13;2-1(3)4/h2-11,18,23H,12H2,1H3;(H2,2,3,4)/t18-,20+;/m0./s1. The van der Waals surface area contributed by atoms with E-state index in [2.05, 4.69) is 4.72 Å². The second kappa shape index (κ2) is 8.74. The Bertz CT molecular complexity index is 1190. The lowest BCUT2D eigenvalue weighted by Gasteiger charge is -2.12. The molecule has 3 aromatic rings. The third-order valence-electron chi connectivity index (χ3n) is 5.02. The summed E-state index contributed by atoms with van der Waals surface area (Å²) in [7, 11) is -3.68. The van der Waals surface area contributed by atoms with Gasteiger partial charge in [0, 0.05) is 16.3 Å². The zero-order chi connectivity index (χ0) is 22.8. The van der Waals surface area contributed by atoms with Crippen LogP contribution in [0.25, 0.3) is 10.4 Å². The van der Waals surface area contributed by atoms with E-state index in [1.165, 1.54) is 12.1 Å². The third kappa shape index (κ3) is 5.27. The van der Waals surface area contributed by atoms with E-state index in [1.54, 1.807) is 6.07 Å². The number of sulfonamides is 1. The SMILES string of the molecule is C[C@]1(c2ccccc2)C[C@@H]1NS(=O)(=O)c1ccc(-c2ccc(F)c(F)c2)s1.O=C(O)O. The summed E-state index contributed by atoms with van der Waals surface area (Å²) in [6, 6.07) is 16.3. The topological polar surface area (TPSA) is 104 Å². The van der Waals surface area contributed by atoms with Crippen LogP contribution in [-0.2, 0) is 15.4 Å². The lowest BCUT2D eigenvalue weighted by atomic mass is 9.98. The predicted molar refractivity (Wildman–Crippen MR) is 113 cm³/mol. The van der Waals surface area contributed by atoms with Crippen LogP contribution in [0.2, 0.25) is 0 Å². The second-order valence-corrected chi connectivity index (χ2v) is 10.2. The summed E-state index contributed by atoms with van der Waals surface area (Å²) in [6.07, 6.45) is -1.10. The molecule has 3 N–H and O–H groups in total. The Morgan fingerprint density at radius 3 is 2.32 bits per heavy atom. The Kier molecular flexibility index (Phi) is 6.44. The molecule has 0 bridgehead atoms. The van der Waals surface area contributed by atoms with Crippen molar-refractivity contribution in [1.29, 1.82) is 0 Å². The first-order valence-corrected chi connectivity index (χ1v) is 11.4. The Hall–Kier alpha value is -2.82. The maximum absolute atomic E-state index is 13.4. The van der Waals surface area contributed by atoms with Crippen molar-refractivity contribution in [2.24, 2.45) is 0 Å². The van der Waals surface area contributed by atoms with E-state index in [1.807, 2.05) is 37.3 Å². The molecule has 1 saturated carbocycles. The zero-order valence-corrected chi connectivity index (χ0v) is 17.9. The molecular weight excluding hydrogens is 448 g/mol. The van der Waals surface area contributed by atoms with Gasteiger partial charge in [-0.25, -0.2) is 26.7 Å². The molecule has 1 heterocycles. The van der Waals surface area contributed by atoms with Crippen LogP contribution in [0.1, 0.15) is 18.9 Å². The molecule has 0 aliphatic heterocycles. The number of carboxylic acid groups (broad SMARTS) is 2. The molecule has 2 aromatic carbocycles. The highest BCUT2D eigenvalue weighted by molar-refractivity contribution is 7.91. The first kappa shape index (κ1) is 22.9. The van der Waals surface area contributed by atoms with Crippen molar-refractivity contribution in [1.82, 2.24) is 4.72 Å². The molecule has 2 atom stereocenters. The quantitative estimate of drug-likeness (QED) is 0.494. The van der Waals surface area contributed by atoms with Crippen LogP contribution < -0.4 is 4.72 Å². The average molecular weight is 468 g/mol. The minimum atomic E-state index is -3.68. The number of nitrogens with one attached hydrogen (secondary N) is 1. The first-order chi connectivity index (χ1) is 14.5. The molecule has 6 nitrogen and oxygen atoms in total. The fourth-order valence-electron chi connectivity index (χ4n) is 3.19. The Balaban J connectivity index is 0.000000628. The largest absolute Gasteiger partial charge is 0.503 e. The maximum atomic E-state index is 13.4. The molecule has 0 unspecified atom stereocenters. The van der Waals surface area contributed by atoms with Crippen molar-refractivity contribution < 1.29 is 32.2 Å². The summed E-state index contributed by atoms with van der Waals surface area (Å²) in [5.41, 5.74) is 1.33. The van der Waals surface area contributed by atoms with Crippen LogP contribution in [0.4, 0.5) is 13.6 Å². The van der Waals surface area contributed by atoms with Crippen LogP contribution in [-0.4, -0.2) is 30.8 Å². The number of rotatable bonds is 5. The van der Waals surface area contributed by atoms with Gasteiger partial charge in [0.15, 0.2) is 11.6 Å². The van der Waals surface area contributed by atoms with E-state index >= 15 is 0 Å². The minimum Gasteiger partial charge on any atom is -0.450 e. The molecule has 4 rings (SSSR count). The third-order valence-corrected chi connectivity index (χ3v) is 8.12. The lowest BCUT2D eigenvalue weighted by molar-refractivity contribution is 0.137. The van der Waals surface area contributed by atoms with Crippen LogP contribution in [0.5, 0.6) is 0 Å². The summed E-state index contributed by atoms with van der Waals surface area (Å²) in [5.74, 6) is -1.89. The summed E-state index contributed by atoms with van der Waals surface area (Å²) in [4.78, 5) is 9.12. The van der Waals surface area contributed by atoms with E-state index in [4.69, 9.17) is 15.0 Å². The highest BCUT2D eigenvalue weighted by Crippen LogP contribution is 2.48. The van der Waals surface area contributed by atoms with Crippen molar-refractivity contribution in [2.75, 3.05) is 0 Å².